The molecule has 0 radical (unpaired) electrons. The third-order valence-corrected chi connectivity index (χ3v) is 6.23. The zero-order chi connectivity index (χ0) is 24.5. The normalized spacial score (nSPS) is 16.8. The van der Waals surface area contributed by atoms with Crippen LogP contribution in [-0.4, -0.2) is 61.5 Å². The van der Waals surface area contributed by atoms with Crippen LogP contribution in [0.4, 0.5) is 10.2 Å². The number of anilines is 1. The molecule has 1 saturated carbocycles. The zero-order valence-electron chi connectivity index (χ0n) is 18.9. The number of carbonyl (C=O) groups is 1. The van der Waals surface area contributed by atoms with Crippen molar-refractivity contribution in [1.29, 1.82) is 0 Å². The monoisotopic (exact) mass is 481 g/mol. The first-order chi connectivity index (χ1) is 17.0. The van der Waals surface area contributed by atoms with Crippen LogP contribution in [0, 0.1) is 5.82 Å². The molecule has 0 amide bonds. The quantitative estimate of drug-likeness (QED) is 0.225. The minimum Gasteiger partial charge on any atom is -0.477 e. The predicted octanol–water partition coefficient (Wildman–Crippen LogP) is 2.54. The smallest absolute Gasteiger partial charge is 0.341 e. The summed E-state index contributed by atoms with van der Waals surface area (Å²) in [5.41, 5.74) is -0.206. The summed E-state index contributed by atoms with van der Waals surface area (Å²) in [6.07, 6.45) is 9.30. The molecule has 0 spiro atoms. The number of pyridine rings is 2. The van der Waals surface area contributed by atoms with Crippen molar-refractivity contribution in [2.45, 2.75) is 37.8 Å². The number of oxime groups is 1. The molecule has 2 aliphatic rings. The van der Waals surface area contributed by atoms with Crippen molar-refractivity contribution < 1.29 is 19.1 Å². The summed E-state index contributed by atoms with van der Waals surface area (Å²) in [6.45, 7) is 4.92. The van der Waals surface area contributed by atoms with Gasteiger partial charge in [-0.1, -0.05) is 23.0 Å². The number of hydrogen-bond acceptors (Lipinski definition) is 8. The molecule has 1 aliphatic carbocycles. The van der Waals surface area contributed by atoms with Gasteiger partial charge >= 0.3 is 5.97 Å². The summed E-state index contributed by atoms with van der Waals surface area (Å²) in [4.78, 5) is 35.5. The Labute approximate surface area is 199 Å². The van der Waals surface area contributed by atoms with E-state index in [2.05, 4.69) is 27.0 Å². The van der Waals surface area contributed by atoms with E-state index in [-0.39, 0.29) is 28.9 Å². The number of aromatic carboxylic acids is 1. The topological polar surface area (TPSA) is 128 Å². The molecule has 1 N–H and O–H groups in total. The largest absolute Gasteiger partial charge is 0.477 e. The second kappa shape index (κ2) is 9.28. The molecule has 3 aromatic rings. The number of aromatic nitrogens is 5. The summed E-state index contributed by atoms with van der Waals surface area (Å²) in [5.74, 6) is -1.81. The lowest BCUT2D eigenvalue weighted by atomic mass is 10.1. The third-order valence-electron chi connectivity index (χ3n) is 6.23. The van der Waals surface area contributed by atoms with Gasteiger partial charge in [0.25, 0.3) is 0 Å². The molecular weight excluding hydrogens is 457 g/mol. The number of piperidine rings is 1. The van der Waals surface area contributed by atoms with Crippen LogP contribution < -0.4 is 10.3 Å². The summed E-state index contributed by atoms with van der Waals surface area (Å²) in [5, 5.41) is 21.4. The van der Waals surface area contributed by atoms with Gasteiger partial charge in [0.1, 0.15) is 23.5 Å². The van der Waals surface area contributed by atoms with Gasteiger partial charge in [0.05, 0.1) is 23.8 Å². The maximum absolute atomic E-state index is 15.1. The molecule has 12 heteroatoms. The van der Waals surface area contributed by atoms with E-state index in [0.29, 0.717) is 43.9 Å². The van der Waals surface area contributed by atoms with E-state index in [0.717, 1.165) is 18.9 Å². The van der Waals surface area contributed by atoms with Crippen molar-refractivity contribution in [1.82, 2.24) is 24.5 Å². The molecule has 2 fully saturated rings. The van der Waals surface area contributed by atoms with Crippen molar-refractivity contribution in [3.05, 3.63) is 58.4 Å². The van der Waals surface area contributed by atoms with Gasteiger partial charge in [-0.15, -0.1) is 5.10 Å². The number of carboxylic acids is 1. The molecular formula is C23H24FN7O4. The van der Waals surface area contributed by atoms with Crippen LogP contribution in [-0.2, 0) is 4.84 Å². The van der Waals surface area contributed by atoms with Crippen molar-refractivity contribution in [2.24, 2.45) is 5.16 Å². The molecule has 0 bridgehead atoms. The summed E-state index contributed by atoms with van der Waals surface area (Å²) in [6, 6.07) is 1.27. The van der Waals surface area contributed by atoms with Gasteiger partial charge in [0, 0.05) is 25.3 Å². The number of nitrogens with zero attached hydrogens (tertiary/aromatic N) is 7. The predicted molar refractivity (Wildman–Crippen MR) is 125 cm³/mol. The highest BCUT2D eigenvalue weighted by atomic mass is 19.1. The average molecular weight is 481 g/mol. The van der Waals surface area contributed by atoms with Gasteiger partial charge in [-0.25, -0.2) is 18.9 Å². The molecule has 1 saturated heterocycles. The molecule has 0 aromatic carbocycles. The molecule has 35 heavy (non-hydrogen) atoms. The van der Waals surface area contributed by atoms with Crippen molar-refractivity contribution in [3.8, 4) is 0 Å². The highest BCUT2D eigenvalue weighted by Crippen LogP contribution is 2.37. The number of rotatable bonds is 8. The first-order valence-corrected chi connectivity index (χ1v) is 11.4. The maximum atomic E-state index is 15.1. The minimum atomic E-state index is -1.33. The molecule has 11 nitrogen and oxygen atoms in total. The Bertz CT molecular complexity index is 1370. The Morgan fingerprint density at radius 1 is 1.26 bits per heavy atom. The van der Waals surface area contributed by atoms with E-state index in [1.54, 1.807) is 21.5 Å². The third kappa shape index (κ3) is 4.51. The molecule has 3 aromatic heterocycles. The zero-order valence-corrected chi connectivity index (χ0v) is 18.9. The lowest BCUT2D eigenvalue weighted by Gasteiger charge is -2.33. The van der Waals surface area contributed by atoms with Crippen molar-refractivity contribution in [3.63, 3.8) is 0 Å². The van der Waals surface area contributed by atoms with Gasteiger partial charge in [0.2, 0.25) is 5.43 Å². The Kier molecular flexibility index (Phi) is 6.01. The number of fused-ring (bicyclic) bond motifs is 1. The van der Waals surface area contributed by atoms with Gasteiger partial charge in [0.15, 0.2) is 11.6 Å². The van der Waals surface area contributed by atoms with Gasteiger partial charge in [-0.3, -0.25) is 4.79 Å². The van der Waals surface area contributed by atoms with Crippen molar-refractivity contribution >= 4 is 29.0 Å². The van der Waals surface area contributed by atoms with E-state index in [9.17, 15) is 14.7 Å². The maximum Gasteiger partial charge on any atom is 0.341 e. The van der Waals surface area contributed by atoms with Gasteiger partial charge in [-0.05, 0) is 31.7 Å². The fourth-order valence-corrected chi connectivity index (χ4v) is 4.30. The first kappa shape index (κ1) is 22.7. The SMILES string of the molecule is C=CCO/N=C/c1cn(C2CCN(c3nc4c(cc3F)c(=O)c(C(=O)O)cn4C3CC3)CC2)nn1. The lowest BCUT2D eigenvalue weighted by molar-refractivity contribution is 0.0695. The van der Waals surface area contributed by atoms with Gasteiger partial charge < -0.3 is 19.4 Å². The standard InChI is InChI=1S/C23H24FN7O4/c1-2-9-35-25-11-14-12-31(28-27-14)16-5-7-29(8-6-16)22-19(24)10-17-20(32)18(23(33)34)13-30(15-3-4-15)21(17)26-22/h2,10-13,15-16H,1,3-9H2,(H,33,34)/b25-11+. The molecule has 5 rings (SSSR count). The minimum absolute atomic E-state index is 0.0122. The Hall–Kier alpha value is -4.09. The fraction of sp³-hybridized carbons (Fsp3) is 0.391. The van der Waals surface area contributed by atoms with Crippen LogP contribution in [0.2, 0.25) is 0 Å². The summed E-state index contributed by atoms with van der Waals surface area (Å²) >= 11 is 0. The average Bonchev–Trinajstić information content (AvgIpc) is 3.59. The van der Waals surface area contributed by atoms with E-state index in [1.165, 1.54) is 12.4 Å². The van der Waals surface area contributed by atoms with Crippen LogP contribution in [0.25, 0.3) is 11.0 Å². The van der Waals surface area contributed by atoms with E-state index in [1.807, 2.05) is 4.90 Å². The van der Waals surface area contributed by atoms with Gasteiger partial charge in [-0.2, -0.15) is 0 Å². The number of hydrogen-bond donors (Lipinski definition) is 1. The number of carboxylic acid groups (broad SMARTS) is 1. The Morgan fingerprint density at radius 2 is 2.03 bits per heavy atom. The Morgan fingerprint density at radius 3 is 2.71 bits per heavy atom. The van der Waals surface area contributed by atoms with E-state index in [4.69, 9.17) is 4.84 Å². The van der Waals surface area contributed by atoms with Crippen LogP contribution in [0.1, 0.15) is 53.8 Å². The summed E-state index contributed by atoms with van der Waals surface area (Å²) in [7, 11) is 0. The highest BCUT2D eigenvalue weighted by molar-refractivity contribution is 5.92. The van der Waals surface area contributed by atoms with E-state index >= 15 is 4.39 Å². The molecule has 0 unspecified atom stereocenters. The van der Waals surface area contributed by atoms with Crippen LogP contribution in [0.15, 0.2) is 41.1 Å². The molecule has 1 aliphatic heterocycles. The molecule has 182 valence electrons. The second-order valence-corrected chi connectivity index (χ2v) is 8.64. The van der Waals surface area contributed by atoms with Crippen molar-refractivity contribution in [2.75, 3.05) is 24.6 Å². The Balaban J connectivity index is 1.36. The first-order valence-electron chi connectivity index (χ1n) is 11.4. The molecule has 0 atom stereocenters. The highest BCUT2D eigenvalue weighted by Gasteiger charge is 2.30. The fourth-order valence-electron chi connectivity index (χ4n) is 4.30. The number of halogens is 1. The second-order valence-electron chi connectivity index (χ2n) is 8.64. The molecule has 4 heterocycles. The van der Waals surface area contributed by atoms with Crippen LogP contribution in [0.5, 0.6) is 0 Å². The van der Waals surface area contributed by atoms with Crippen LogP contribution >= 0.6 is 0 Å². The van der Waals surface area contributed by atoms with E-state index < -0.39 is 17.2 Å². The van der Waals surface area contributed by atoms with Crippen LogP contribution in [0.3, 0.4) is 0 Å². The summed E-state index contributed by atoms with van der Waals surface area (Å²) < 4.78 is 18.6. The lowest BCUT2D eigenvalue weighted by Crippen LogP contribution is -2.36.